The SMILES string of the molecule is Cc1nc(C)nc(NC2CCCCNC2)n1. The highest BCUT2D eigenvalue weighted by molar-refractivity contribution is 5.26. The summed E-state index contributed by atoms with van der Waals surface area (Å²) in [7, 11) is 0. The van der Waals surface area contributed by atoms with E-state index in [9.17, 15) is 0 Å². The molecular formula is C11H19N5. The van der Waals surface area contributed by atoms with Crippen molar-refractivity contribution in [3.8, 4) is 0 Å². The second kappa shape index (κ2) is 5.21. The summed E-state index contributed by atoms with van der Waals surface area (Å²) in [5.41, 5.74) is 0. The first-order valence-electron chi connectivity index (χ1n) is 5.90. The second-order valence-electron chi connectivity index (χ2n) is 4.29. The van der Waals surface area contributed by atoms with E-state index in [1.54, 1.807) is 0 Å². The van der Waals surface area contributed by atoms with Crippen LogP contribution in [0.1, 0.15) is 30.9 Å². The fraction of sp³-hybridized carbons (Fsp3) is 0.727. The summed E-state index contributed by atoms with van der Waals surface area (Å²) in [6.07, 6.45) is 3.69. The Morgan fingerprint density at radius 2 is 1.88 bits per heavy atom. The van der Waals surface area contributed by atoms with Gasteiger partial charge in [0, 0.05) is 12.6 Å². The van der Waals surface area contributed by atoms with Crippen LogP contribution in [0.3, 0.4) is 0 Å². The Morgan fingerprint density at radius 1 is 1.12 bits per heavy atom. The summed E-state index contributed by atoms with van der Waals surface area (Å²) < 4.78 is 0. The molecule has 2 rings (SSSR count). The van der Waals surface area contributed by atoms with E-state index in [4.69, 9.17) is 0 Å². The van der Waals surface area contributed by atoms with Gasteiger partial charge in [0.05, 0.1) is 0 Å². The Bertz CT molecular complexity index is 324. The van der Waals surface area contributed by atoms with Gasteiger partial charge in [-0.1, -0.05) is 6.42 Å². The summed E-state index contributed by atoms with van der Waals surface area (Å²) in [6.45, 7) is 5.90. The van der Waals surface area contributed by atoms with Gasteiger partial charge in [-0.3, -0.25) is 0 Å². The van der Waals surface area contributed by atoms with Gasteiger partial charge in [-0.2, -0.15) is 9.97 Å². The van der Waals surface area contributed by atoms with Gasteiger partial charge in [-0.15, -0.1) is 0 Å². The third kappa shape index (κ3) is 3.13. The summed E-state index contributed by atoms with van der Waals surface area (Å²) in [6, 6.07) is 0.434. The number of anilines is 1. The van der Waals surface area contributed by atoms with Crippen LogP contribution in [0.2, 0.25) is 0 Å². The van der Waals surface area contributed by atoms with Crippen LogP contribution in [0.25, 0.3) is 0 Å². The van der Waals surface area contributed by atoms with E-state index in [0.717, 1.165) is 24.7 Å². The Balaban J connectivity index is 2.01. The van der Waals surface area contributed by atoms with Crippen molar-refractivity contribution in [2.24, 2.45) is 0 Å². The van der Waals surface area contributed by atoms with E-state index < -0.39 is 0 Å². The summed E-state index contributed by atoms with van der Waals surface area (Å²) in [4.78, 5) is 12.8. The zero-order valence-corrected chi connectivity index (χ0v) is 9.95. The summed E-state index contributed by atoms with van der Waals surface area (Å²) >= 11 is 0. The Labute approximate surface area is 96.1 Å². The number of nitrogens with one attached hydrogen (secondary N) is 2. The van der Waals surface area contributed by atoms with E-state index >= 15 is 0 Å². The molecule has 1 aliphatic heterocycles. The zero-order chi connectivity index (χ0) is 11.4. The Hall–Kier alpha value is -1.23. The molecule has 1 aliphatic rings. The van der Waals surface area contributed by atoms with Crippen LogP contribution in [0.5, 0.6) is 0 Å². The van der Waals surface area contributed by atoms with Gasteiger partial charge in [0.1, 0.15) is 11.6 Å². The third-order valence-electron chi connectivity index (χ3n) is 2.74. The van der Waals surface area contributed by atoms with E-state index in [1.165, 1.54) is 19.3 Å². The molecule has 2 N–H and O–H groups in total. The number of aromatic nitrogens is 3. The van der Waals surface area contributed by atoms with Crippen LogP contribution in [0.4, 0.5) is 5.95 Å². The minimum absolute atomic E-state index is 0.434. The molecular weight excluding hydrogens is 202 g/mol. The molecule has 1 fully saturated rings. The molecule has 1 aromatic heterocycles. The predicted molar refractivity (Wildman–Crippen MR) is 63.4 cm³/mol. The largest absolute Gasteiger partial charge is 0.350 e. The first-order chi connectivity index (χ1) is 7.74. The van der Waals surface area contributed by atoms with Crippen molar-refractivity contribution in [2.45, 2.75) is 39.2 Å². The normalized spacial score (nSPS) is 21.5. The topological polar surface area (TPSA) is 62.7 Å². The number of nitrogens with zero attached hydrogens (tertiary/aromatic N) is 3. The number of hydrogen-bond acceptors (Lipinski definition) is 5. The molecule has 0 saturated carbocycles. The number of rotatable bonds is 2. The van der Waals surface area contributed by atoms with E-state index in [2.05, 4.69) is 25.6 Å². The minimum atomic E-state index is 0.434. The van der Waals surface area contributed by atoms with Gasteiger partial charge in [0.15, 0.2) is 0 Å². The van der Waals surface area contributed by atoms with Gasteiger partial charge in [0.25, 0.3) is 0 Å². The Kier molecular flexibility index (Phi) is 3.66. The van der Waals surface area contributed by atoms with Crippen LogP contribution >= 0.6 is 0 Å². The van der Waals surface area contributed by atoms with Gasteiger partial charge >= 0.3 is 0 Å². The lowest BCUT2D eigenvalue weighted by molar-refractivity contribution is 0.629. The van der Waals surface area contributed by atoms with E-state index in [1.807, 2.05) is 13.8 Å². The highest BCUT2D eigenvalue weighted by Crippen LogP contribution is 2.09. The zero-order valence-electron chi connectivity index (χ0n) is 9.95. The molecule has 5 nitrogen and oxygen atoms in total. The van der Waals surface area contributed by atoms with Gasteiger partial charge in [-0.05, 0) is 33.2 Å². The molecule has 2 heterocycles. The highest BCUT2D eigenvalue weighted by Gasteiger charge is 2.12. The van der Waals surface area contributed by atoms with Crippen molar-refractivity contribution >= 4 is 5.95 Å². The second-order valence-corrected chi connectivity index (χ2v) is 4.29. The predicted octanol–water partition coefficient (Wildman–Crippen LogP) is 1.04. The molecule has 0 bridgehead atoms. The summed E-state index contributed by atoms with van der Waals surface area (Å²) in [5.74, 6) is 2.26. The average Bonchev–Trinajstić information content (AvgIpc) is 2.44. The monoisotopic (exact) mass is 221 g/mol. The Morgan fingerprint density at radius 3 is 2.62 bits per heavy atom. The van der Waals surface area contributed by atoms with Crippen LogP contribution in [-0.4, -0.2) is 34.1 Å². The first-order valence-corrected chi connectivity index (χ1v) is 5.90. The first kappa shape index (κ1) is 11.3. The molecule has 0 amide bonds. The molecule has 88 valence electrons. The summed E-state index contributed by atoms with van der Waals surface area (Å²) in [5, 5.41) is 6.79. The van der Waals surface area contributed by atoms with Gasteiger partial charge in [0.2, 0.25) is 5.95 Å². The molecule has 1 unspecified atom stereocenters. The number of aryl methyl sites for hydroxylation is 2. The fourth-order valence-corrected chi connectivity index (χ4v) is 2.01. The van der Waals surface area contributed by atoms with Crippen LogP contribution in [-0.2, 0) is 0 Å². The molecule has 0 aliphatic carbocycles. The molecule has 16 heavy (non-hydrogen) atoms. The lowest BCUT2D eigenvalue weighted by Crippen LogP contribution is -2.31. The molecule has 1 aromatic rings. The van der Waals surface area contributed by atoms with Crippen molar-refractivity contribution in [2.75, 3.05) is 18.4 Å². The fourth-order valence-electron chi connectivity index (χ4n) is 2.01. The van der Waals surface area contributed by atoms with Gasteiger partial charge < -0.3 is 10.6 Å². The van der Waals surface area contributed by atoms with Crippen LogP contribution in [0.15, 0.2) is 0 Å². The smallest absolute Gasteiger partial charge is 0.226 e. The quantitative estimate of drug-likeness (QED) is 0.781. The maximum Gasteiger partial charge on any atom is 0.226 e. The van der Waals surface area contributed by atoms with Crippen molar-refractivity contribution < 1.29 is 0 Å². The standard InChI is InChI=1S/C11H19N5/c1-8-13-9(2)15-11(14-8)16-10-5-3-4-6-12-7-10/h10,12H,3-7H2,1-2H3,(H,13,14,15,16). The maximum absolute atomic E-state index is 4.30. The molecule has 0 spiro atoms. The van der Waals surface area contributed by atoms with Crippen LogP contribution < -0.4 is 10.6 Å². The highest BCUT2D eigenvalue weighted by atomic mass is 15.2. The third-order valence-corrected chi connectivity index (χ3v) is 2.74. The molecule has 0 radical (unpaired) electrons. The van der Waals surface area contributed by atoms with Crippen molar-refractivity contribution in [3.63, 3.8) is 0 Å². The molecule has 0 aromatic carbocycles. The van der Waals surface area contributed by atoms with Gasteiger partial charge in [-0.25, -0.2) is 4.98 Å². The molecule has 5 heteroatoms. The molecule has 1 saturated heterocycles. The van der Waals surface area contributed by atoms with Crippen molar-refractivity contribution in [1.82, 2.24) is 20.3 Å². The van der Waals surface area contributed by atoms with Crippen molar-refractivity contribution in [1.29, 1.82) is 0 Å². The van der Waals surface area contributed by atoms with Crippen molar-refractivity contribution in [3.05, 3.63) is 11.6 Å². The lowest BCUT2D eigenvalue weighted by Gasteiger charge is -2.16. The maximum atomic E-state index is 4.30. The van der Waals surface area contributed by atoms with Crippen LogP contribution in [0, 0.1) is 13.8 Å². The lowest BCUT2D eigenvalue weighted by atomic mass is 10.1. The minimum Gasteiger partial charge on any atom is -0.350 e. The number of hydrogen-bond donors (Lipinski definition) is 2. The average molecular weight is 221 g/mol. The van der Waals surface area contributed by atoms with E-state index in [0.29, 0.717) is 12.0 Å². The van der Waals surface area contributed by atoms with E-state index in [-0.39, 0.29) is 0 Å². The molecule has 1 atom stereocenters.